The third-order valence-corrected chi connectivity index (χ3v) is 1.96. The standard InChI is InChI=1S/C9H15N5O2/c1-14-6-7(5-12-14)2-3-11-9(15)4-8(10)13-16/h5-6,16H,2-4H2,1H3,(H2,10,13)(H,11,15). The summed E-state index contributed by atoms with van der Waals surface area (Å²) in [6, 6.07) is 0. The molecule has 1 rings (SSSR count). The minimum absolute atomic E-state index is 0.0937. The van der Waals surface area contributed by atoms with E-state index in [1.807, 2.05) is 13.2 Å². The molecule has 16 heavy (non-hydrogen) atoms. The summed E-state index contributed by atoms with van der Waals surface area (Å²) in [5, 5.41) is 17.6. The van der Waals surface area contributed by atoms with Crippen LogP contribution in [0.1, 0.15) is 12.0 Å². The van der Waals surface area contributed by atoms with Gasteiger partial charge in [-0.2, -0.15) is 5.10 Å². The molecule has 0 saturated heterocycles. The maximum Gasteiger partial charge on any atom is 0.227 e. The van der Waals surface area contributed by atoms with Crippen molar-refractivity contribution in [3.8, 4) is 0 Å². The number of nitrogens with one attached hydrogen (secondary N) is 1. The minimum Gasteiger partial charge on any atom is -0.409 e. The number of amides is 1. The van der Waals surface area contributed by atoms with Gasteiger partial charge in [0.2, 0.25) is 5.91 Å². The van der Waals surface area contributed by atoms with Gasteiger partial charge in [-0.1, -0.05) is 5.16 Å². The van der Waals surface area contributed by atoms with E-state index in [4.69, 9.17) is 10.9 Å². The van der Waals surface area contributed by atoms with Crippen LogP contribution < -0.4 is 11.1 Å². The van der Waals surface area contributed by atoms with E-state index in [1.54, 1.807) is 10.9 Å². The van der Waals surface area contributed by atoms with Crippen LogP contribution in [0.4, 0.5) is 0 Å². The second-order valence-electron chi connectivity index (χ2n) is 3.39. The topological polar surface area (TPSA) is 106 Å². The van der Waals surface area contributed by atoms with Gasteiger partial charge in [0.25, 0.3) is 0 Å². The van der Waals surface area contributed by atoms with Gasteiger partial charge in [-0.15, -0.1) is 0 Å². The Morgan fingerprint density at radius 1 is 1.75 bits per heavy atom. The number of nitrogens with zero attached hydrogens (tertiary/aromatic N) is 3. The van der Waals surface area contributed by atoms with Gasteiger partial charge in [-0.25, -0.2) is 0 Å². The molecule has 1 heterocycles. The zero-order valence-electron chi connectivity index (χ0n) is 9.05. The lowest BCUT2D eigenvalue weighted by Crippen LogP contribution is -2.30. The summed E-state index contributed by atoms with van der Waals surface area (Å²) < 4.78 is 1.70. The van der Waals surface area contributed by atoms with Crippen LogP contribution in [0.25, 0.3) is 0 Å². The average molecular weight is 225 g/mol. The summed E-state index contributed by atoms with van der Waals surface area (Å²) in [4.78, 5) is 11.2. The van der Waals surface area contributed by atoms with Gasteiger partial charge in [0.1, 0.15) is 5.84 Å². The number of oxime groups is 1. The van der Waals surface area contributed by atoms with E-state index in [0.29, 0.717) is 13.0 Å². The molecule has 0 unspecified atom stereocenters. The first-order chi connectivity index (χ1) is 7.61. The highest BCUT2D eigenvalue weighted by molar-refractivity contribution is 5.98. The highest BCUT2D eigenvalue weighted by Crippen LogP contribution is 1.96. The summed E-state index contributed by atoms with van der Waals surface area (Å²) >= 11 is 0. The highest BCUT2D eigenvalue weighted by Gasteiger charge is 2.04. The lowest BCUT2D eigenvalue weighted by molar-refractivity contribution is -0.119. The minimum atomic E-state index is -0.265. The molecule has 0 radical (unpaired) electrons. The van der Waals surface area contributed by atoms with Crippen molar-refractivity contribution in [3.63, 3.8) is 0 Å². The van der Waals surface area contributed by atoms with Crippen molar-refractivity contribution in [2.75, 3.05) is 6.54 Å². The van der Waals surface area contributed by atoms with Gasteiger partial charge in [0, 0.05) is 19.8 Å². The normalized spacial score (nSPS) is 11.4. The monoisotopic (exact) mass is 225 g/mol. The zero-order valence-corrected chi connectivity index (χ0v) is 9.05. The van der Waals surface area contributed by atoms with Crippen molar-refractivity contribution in [2.24, 2.45) is 17.9 Å². The zero-order chi connectivity index (χ0) is 12.0. The van der Waals surface area contributed by atoms with E-state index >= 15 is 0 Å². The lowest BCUT2D eigenvalue weighted by atomic mass is 10.2. The summed E-state index contributed by atoms with van der Waals surface area (Å²) in [5.41, 5.74) is 6.23. The molecule has 0 spiro atoms. The Balaban J connectivity index is 2.23. The Hall–Kier alpha value is -2.05. The third-order valence-electron chi connectivity index (χ3n) is 1.96. The van der Waals surface area contributed by atoms with E-state index in [1.165, 1.54) is 0 Å². The van der Waals surface area contributed by atoms with Crippen LogP contribution in [0, 0.1) is 0 Å². The highest BCUT2D eigenvalue weighted by atomic mass is 16.4. The van der Waals surface area contributed by atoms with Crippen molar-refractivity contribution in [1.82, 2.24) is 15.1 Å². The molecule has 1 aromatic heterocycles. The molecule has 0 aliphatic heterocycles. The van der Waals surface area contributed by atoms with Crippen molar-refractivity contribution in [3.05, 3.63) is 18.0 Å². The molecular formula is C9H15N5O2. The number of hydrogen-bond acceptors (Lipinski definition) is 4. The fourth-order valence-corrected chi connectivity index (χ4v) is 1.21. The van der Waals surface area contributed by atoms with Gasteiger partial charge in [0.05, 0.1) is 12.6 Å². The van der Waals surface area contributed by atoms with Crippen molar-refractivity contribution >= 4 is 11.7 Å². The van der Waals surface area contributed by atoms with Gasteiger partial charge in [0.15, 0.2) is 0 Å². The fraction of sp³-hybridized carbons (Fsp3) is 0.444. The number of nitrogens with two attached hydrogens (primary N) is 1. The number of amidine groups is 1. The molecule has 0 fully saturated rings. The first kappa shape index (κ1) is 12.0. The fourth-order valence-electron chi connectivity index (χ4n) is 1.21. The van der Waals surface area contributed by atoms with Gasteiger partial charge < -0.3 is 16.3 Å². The molecule has 0 aliphatic carbocycles. The molecule has 1 aromatic rings. The van der Waals surface area contributed by atoms with Gasteiger partial charge in [-0.05, 0) is 12.0 Å². The third kappa shape index (κ3) is 3.99. The quantitative estimate of drug-likeness (QED) is 0.264. The molecule has 7 nitrogen and oxygen atoms in total. The number of carbonyl (C=O) groups is 1. The maximum absolute atomic E-state index is 11.2. The van der Waals surface area contributed by atoms with Crippen molar-refractivity contribution in [1.29, 1.82) is 0 Å². The van der Waals surface area contributed by atoms with Crippen LogP contribution in [0.15, 0.2) is 17.5 Å². The lowest BCUT2D eigenvalue weighted by Gasteiger charge is -2.02. The van der Waals surface area contributed by atoms with Crippen LogP contribution in [-0.4, -0.2) is 33.3 Å². The van der Waals surface area contributed by atoms with Gasteiger partial charge in [-0.3, -0.25) is 9.48 Å². The predicted octanol–water partition coefficient (Wildman–Crippen LogP) is -0.785. The molecule has 1 amide bonds. The largest absolute Gasteiger partial charge is 0.409 e. The predicted molar refractivity (Wildman–Crippen MR) is 57.9 cm³/mol. The molecule has 4 N–H and O–H groups in total. The molecule has 0 bridgehead atoms. The Morgan fingerprint density at radius 3 is 3.06 bits per heavy atom. The number of aromatic nitrogens is 2. The second kappa shape index (κ2) is 5.74. The molecule has 0 aromatic carbocycles. The molecule has 0 aliphatic rings. The van der Waals surface area contributed by atoms with E-state index < -0.39 is 0 Å². The Morgan fingerprint density at radius 2 is 2.50 bits per heavy atom. The number of hydrogen-bond donors (Lipinski definition) is 3. The van der Waals surface area contributed by atoms with E-state index in [-0.39, 0.29) is 18.2 Å². The summed E-state index contributed by atoms with van der Waals surface area (Å²) in [6.45, 7) is 0.503. The SMILES string of the molecule is Cn1cc(CCNC(=O)C/C(N)=N/O)cn1. The maximum atomic E-state index is 11.2. The van der Waals surface area contributed by atoms with E-state index in [9.17, 15) is 4.79 Å². The number of rotatable bonds is 5. The number of aryl methyl sites for hydroxylation is 1. The van der Waals surface area contributed by atoms with Crippen LogP contribution >= 0.6 is 0 Å². The average Bonchev–Trinajstić information content (AvgIpc) is 2.64. The smallest absolute Gasteiger partial charge is 0.227 e. The molecular weight excluding hydrogens is 210 g/mol. The van der Waals surface area contributed by atoms with Crippen LogP contribution in [0.5, 0.6) is 0 Å². The summed E-state index contributed by atoms with van der Waals surface area (Å²) in [5.74, 6) is -0.363. The van der Waals surface area contributed by atoms with E-state index in [0.717, 1.165) is 5.56 Å². The molecule has 0 atom stereocenters. The van der Waals surface area contributed by atoms with E-state index in [2.05, 4.69) is 15.6 Å². The Kier molecular flexibility index (Phi) is 4.31. The van der Waals surface area contributed by atoms with Gasteiger partial charge >= 0.3 is 0 Å². The Bertz CT molecular complexity index is 385. The first-order valence-electron chi connectivity index (χ1n) is 4.82. The molecule has 7 heteroatoms. The van der Waals surface area contributed by atoms with Crippen molar-refractivity contribution in [2.45, 2.75) is 12.8 Å². The van der Waals surface area contributed by atoms with Crippen LogP contribution in [0.2, 0.25) is 0 Å². The number of carbonyl (C=O) groups excluding carboxylic acids is 1. The van der Waals surface area contributed by atoms with Crippen LogP contribution in [-0.2, 0) is 18.3 Å². The summed E-state index contributed by atoms with van der Waals surface area (Å²) in [7, 11) is 1.83. The molecule has 0 saturated carbocycles. The molecule has 88 valence electrons. The second-order valence-corrected chi connectivity index (χ2v) is 3.39. The van der Waals surface area contributed by atoms with Crippen LogP contribution in [0.3, 0.4) is 0 Å². The first-order valence-corrected chi connectivity index (χ1v) is 4.82. The van der Waals surface area contributed by atoms with Crippen molar-refractivity contribution < 1.29 is 10.0 Å². The Labute approximate surface area is 92.9 Å². The summed E-state index contributed by atoms with van der Waals surface area (Å²) in [6.07, 6.45) is 4.24.